The second kappa shape index (κ2) is 68.1. The molecule has 0 aliphatic rings. The minimum atomic E-state index is -0.669. The van der Waals surface area contributed by atoms with Crippen molar-refractivity contribution in [3.8, 4) is 0 Å². The number of esters is 1. The van der Waals surface area contributed by atoms with E-state index < -0.39 is 12.1 Å². The monoisotopic (exact) mass is 1100 g/mol. The summed E-state index contributed by atoms with van der Waals surface area (Å²) in [6.07, 6.45) is 84.0. The van der Waals surface area contributed by atoms with Crippen LogP contribution in [-0.4, -0.2) is 47.4 Å². The summed E-state index contributed by atoms with van der Waals surface area (Å²) in [5, 5.41) is 23.4. The van der Waals surface area contributed by atoms with Gasteiger partial charge in [0, 0.05) is 12.8 Å². The molecule has 0 spiro atoms. The van der Waals surface area contributed by atoms with Gasteiger partial charge in [-0.1, -0.05) is 360 Å². The molecule has 1 amide bonds. The molecule has 6 nitrogen and oxygen atoms in total. The molecule has 2 atom stereocenters. The summed E-state index contributed by atoms with van der Waals surface area (Å²) in [5.41, 5.74) is 0. The molecule has 0 fully saturated rings. The van der Waals surface area contributed by atoms with Gasteiger partial charge in [-0.25, -0.2) is 0 Å². The largest absolute Gasteiger partial charge is 0.466 e. The van der Waals surface area contributed by atoms with Crippen LogP contribution in [0.25, 0.3) is 0 Å². The summed E-state index contributed by atoms with van der Waals surface area (Å²) < 4.78 is 5.49. The fourth-order valence-corrected chi connectivity index (χ4v) is 11.6. The Morgan fingerprint density at radius 1 is 0.346 bits per heavy atom. The van der Waals surface area contributed by atoms with Gasteiger partial charge in [-0.3, -0.25) is 9.59 Å². The molecule has 6 heteroatoms. The third-order valence-electron chi connectivity index (χ3n) is 17.1. The quantitative estimate of drug-likeness (QED) is 0.0320. The van der Waals surface area contributed by atoms with Crippen LogP contribution in [0.1, 0.15) is 412 Å². The minimum absolute atomic E-state index is 0.0151. The number of rotatable bonds is 68. The highest BCUT2D eigenvalue weighted by molar-refractivity contribution is 5.76. The normalized spacial score (nSPS) is 12.5. The third-order valence-corrected chi connectivity index (χ3v) is 17.1. The maximum Gasteiger partial charge on any atom is 0.305 e. The first-order chi connectivity index (χ1) is 38.5. The first kappa shape index (κ1) is 76.6. The molecule has 0 rings (SSSR count). The molecule has 0 heterocycles. The molecular formula is C72H141NO5. The van der Waals surface area contributed by atoms with Crippen LogP contribution < -0.4 is 5.32 Å². The lowest BCUT2D eigenvalue weighted by Crippen LogP contribution is -2.45. The van der Waals surface area contributed by atoms with E-state index in [2.05, 4.69) is 31.3 Å². The van der Waals surface area contributed by atoms with Gasteiger partial charge in [0.05, 0.1) is 25.4 Å². The lowest BCUT2D eigenvalue weighted by molar-refractivity contribution is -0.143. The minimum Gasteiger partial charge on any atom is -0.466 e. The number of allylic oxidation sites excluding steroid dienone is 2. The fraction of sp³-hybridized carbons (Fsp3) is 0.944. The molecule has 2 unspecified atom stereocenters. The predicted octanol–water partition coefficient (Wildman–Crippen LogP) is 23.1. The number of nitrogens with one attached hydrogen (secondary N) is 1. The molecule has 0 aromatic rings. The van der Waals surface area contributed by atoms with Crippen molar-refractivity contribution in [2.24, 2.45) is 0 Å². The van der Waals surface area contributed by atoms with Crippen molar-refractivity contribution in [2.45, 2.75) is 424 Å². The lowest BCUT2D eigenvalue weighted by Gasteiger charge is -2.22. The average molecular weight is 1100 g/mol. The van der Waals surface area contributed by atoms with Gasteiger partial charge in [-0.15, -0.1) is 0 Å². The Bertz CT molecular complexity index is 1180. The van der Waals surface area contributed by atoms with Gasteiger partial charge in [-0.05, 0) is 51.4 Å². The number of hydrogen-bond acceptors (Lipinski definition) is 5. The number of aliphatic hydroxyl groups is 2. The van der Waals surface area contributed by atoms with Crippen LogP contribution in [0.2, 0.25) is 0 Å². The number of hydrogen-bond donors (Lipinski definition) is 3. The standard InChI is InChI=1S/C72H141NO5/c1-3-5-7-9-11-13-15-17-19-20-21-22-23-25-28-31-34-37-40-44-48-52-56-60-64-70(75)69(68-74)73-71(76)65-61-57-53-49-45-41-38-35-32-29-26-24-27-30-33-36-39-43-47-51-55-59-63-67-78-72(77)66-62-58-54-50-46-42-18-16-14-12-10-8-6-4-2/h29,32,69-70,74-75H,3-28,30-31,33-68H2,1-2H3,(H,73,76)/b32-29-. The Morgan fingerprint density at radius 3 is 0.910 bits per heavy atom. The number of amides is 1. The molecule has 0 aliphatic carbocycles. The summed E-state index contributed by atoms with van der Waals surface area (Å²) in [6.45, 7) is 5.00. The summed E-state index contributed by atoms with van der Waals surface area (Å²) in [4.78, 5) is 24.6. The Hall–Kier alpha value is -1.40. The molecule has 3 N–H and O–H groups in total. The zero-order valence-electron chi connectivity index (χ0n) is 53.2. The number of aliphatic hydroxyl groups excluding tert-OH is 2. The zero-order chi connectivity index (χ0) is 56.4. The molecule has 0 saturated heterocycles. The fourth-order valence-electron chi connectivity index (χ4n) is 11.6. The third kappa shape index (κ3) is 63.8. The Labute approximate surface area is 489 Å². The van der Waals surface area contributed by atoms with Gasteiger partial charge >= 0.3 is 5.97 Å². The van der Waals surface area contributed by atoms with Gasteiger partial charge in [0.1, 0.15) is 0 Å². The summed E-state index contributed by atoms with van der Waals surface area (Å²) in [7, 11) is 0. The van der Waals surface area contributed by atoms with Gasteiger partial charge in [-0.2, -0.15) is 0 Å². The molecule has 0 aliphatic heterocycles. The Balaban J connectivity index is 3.40. The van der Waals surface area contributed by atoms with E-state index in [1.807, 2.05) is 0 Å². The molecular weight excluding hydrogens is 959 g/mol. The van der Waals surface area contributed by atoms with E-state index in [9.17, 15) is 19.8 Å². The van der Waals surface area contributed by atoms with Gasteiger partial charge in [0.2, 0.25) is 5.91 Å². The van der Waals surface area contributed by atoms with Crippen molar-refractivity contribution >= 4 is 11.9 Å². The summed E-state index contributed by atoms with van der Waals surface area (Å²) in [5.74, 6) is -0.0209. The SMILES string of the molecule is CCCCCCCCCCCCCCCCCCCCCCCCCCC(O)C(CO)NC(=O)CCCCCCCCC/C=C\CCCCCCCCCCCCCCOC(=O)CCCCCCCCCCCCCCCC. The number of ether oxygens (including phenoxy) is 1. The van der Waals surface area contributed by atoms with Crippen LogP contribution in [-0.2, 0) is 14.3 Å². The van der Waals surface area contributed by atoms with E-state index in [1.54, 1.807) is 0 Å². The van der Waals surface area contributed by atoms with E-state index in [-0.39, 0.29) is 18.5 Å². The Morgan fingerprint density at radius 2 is 0.603 bits per heavy atom. The van der Waals surface area contributed by atoms with Gasteiger partial charge in [0.15, 0.2) is 0 Å². The zero-order valence-corrected chi connectivity index (χ0v) is 53.2. The van der Waals surface area contributed by atoms with Crippen LogP contribution in [0, 0.1) is 0 Å². The van der Waals surface area contributed by atoms with E-state index >= 15 is 0 Å². The van der Waals surface area contributed by atoms with E-state index in [0.29, 0.717) is 25.9 Å². The van der Waals surface area contributed by atoms with Gasteiger partial charge in [0.25, 0.3) is 0 Å². The smallest absolute Gasteiger partial charge is 0.305 e. The maximum atomic E-state index is 12.6. The number of unbranched alkanes of at least 4 members (excludes halogenated alkanes) is 55. The summed E-state index contributed by atoms with van der Waals surface area (Å²) in [6, 6.07) is -0.547. The maximum absolute atomic E-state index is 12.6. The molecule has 0 bridgehead atoms. The van der Waals surface area contributed by atoms with E-state index in [4.69, 9.17) is 4.74 Å². The highest BCUT2D eigenvalue weighted by atomic mass is 16.5. The summed E-state index contributed by atoms with van der Waals surface area (Å²) >= 11 is 0. The van der Waals surface area contributed by atoms with Crippen molar-refractivity contribution in [2.75, 3.05) is 13.2 Å². The van der Waals surface area contributed by atoms with Crippen molar-refractivity contribution in [1.82, 2.24) is 5.32 Å². The van der Waals surface area contributed by atoms with Crippen molar-refractivity contribution < 1.29 is 24.5 Å². The topological polar surface area (TPSA) is 95.9 Å². The molecule has 464 valence electrons. The molecule has 78 heavy (non-hydrogen) atoms. The van der Waals surface area contributed by atoms with Crippen LogP contribution in [0.5, 0.6) is 0 Å². The van der Waals surface area contributed by atoms with E-state index in [1.165, 1.54) is 340 Å². The van der Waals surface area contributed by atoms with Crippen molar-refractivity contribution in [1.29, 1.82) is 0 Å². The highest BCUT2D eigenvalue weighted by Crippen LogP contribution is 2.19. The first-order valence-electron chi connectivity index (χ1n) is 35.9. The first-order valence-corrected chi connectivity index (χ1v) is 35.9. The van der Waals surface area contributed by atoms with Crippen LogP contribution >= 0.6 is 0 Å². The molecule has 0 aromatic heterocycles. The van der Waals surface area contributed by atoms with Crippen LogP contribution in [0.3, 0.4) is 0 Å². The number of carbonyl (C=O) groups excluding carboxylic acids is 2. The molecule has 0 saturated carbocycles. The molecule has 0 radical (unpaired) electrons. The van der Waals surface area contributed by atoms with Crippen LogP contribution in [0.15, 0.2) is 12.2 Å². The predicted molar refractivity (Wildman–Crippen MR) is 343 cm³/mol. The van der Waals surface area contributed by atoms with Crippen molar-refractivity contribution in [3.05, 3.63) is 12.2 Å². The van der Waals surface area contributed by atoms with Gasteiger partial charge < -0.3 is 20.3 Å². The number of carbonyl (C=O) groups is 2. The average Bonchev–Trinajstić information content (AvgIpc) is 3.44. The second-order valence-electron chi connectivity index (χ2n) is 24.9. The second-order valence-corrected chi connectivity index (χ2v) is 24.9. The highest BCUT2D eigenvalue weighted by Gasteiger charge is 2.20. The van der Waals surface area contributed by atoms with Crippen LogP contribution in [0.4, 0.5) is 0 Å². The Kier molecular flexibility index (Phi) is 66.9. The van der Waals surface area contributed by atoms with E-state index in [0.717, 1.165) is 38.5 Å². The van der Waals surface area contributed by atoms with Crippen molar-refractivity contribution in [3.63, 3.8) is 0 Å². The molecule has 0 aromatic carbocycles. The lowest BCUT2D eigenvalue weighted by atomic mass is 10.0.